The first-order valence-corrected chi connectivity index (χ1v) is 7.19. The lowest BCUT2D eigenvalue weighted by Gasteiger charge is -2.21. The maximum Gasteiger partial charge on any atom is 0.338 e. The molecule has 4 rings (SSSR count). The molecule has 0 radical (unpaired) electrons. The van der Waals surface area contributed by atoms with Crippen molar-refractivity contribution in [3.05, 3.63) is 58.8 Å². The fourth-order valence-electron chi connectivity index (χ4n) is 2.70. The molecule has 0 spiro atoms. The molecule has 1 heterocycles. The zero-order chi connectivity index (χ0) is 14.2. The third-order valence-corrected chi connectivity index (χ3v) is 4.11. The van der Waals surface area contributed by atoms with Gasteiger partial charge in [0, 0.05) is 10.8 Å². The molecule has 3 aliphatic rings. The van der Waals surface area contributed by atoms with Gasteiger partial charge in [-0.25, -0.2) is 9.79 Å². The molecule has 0 bridgehead atoms. The summed E-state index contributed by atoms with van der Waals surface area (Å²) >= 11 is 0. The lowest BCUT2D eigenvalue weighted by atomic mass is 9.86. The van der Waals surface area contributed by atoms with E-state index in [4.69, 9.17) is 4.84 Å². The van der Waals surface area contributed by atoms with Gasteiger partial charge in [-0.05, 0) is 31.1 Å². The van der Waals surface area contributed by atoms with Crippen molar-refractivity contribution in [2.75, 3.05) is 0 Å². The molecule has 104 valence electrons. The summed E-state index contributed by atoms with van der Waals surface area (Å²) in [7, 11) is 0. The first kappa shape index (κ1) is 12.3. The molecule has 0 saturated heterocycles. The number of nitrogens with zero attached hydrogens (tertiary/aromatic N) is 2. The Kier molecular flexibility index (Phi) is 2.81. The third kappa shape index (κ3) is 2.03. The van der Waals surface area contributed by atoms with Crippen molar-refractivity contribution in [3.8, 4) is 0 Å². The minimum atomic E-state index is -0.220. The van der Waals surface area contributed by atoms with Crippen molar-refractivity contribution in [1.29, 1.82) is 0 Å². The van der Waals surface area contributed by atoms with Crippen LogP contribution in [0, 0.1) is 5.92 Å². The second kappa shape index (κ2) is 4.81. The summed E-state index contributed by atoms with van der Waals surface area (Å²) in [5.41, 5.74) is 2.47. The molecule has 21 heavy (non-hydrogen) atoms. The number of allylic oxidation sites excluding steroid dienone is 4. The average Bonchev–Trinajstić information content (AvgIpc) is 2.82. The van der Waals surface area contributed by atoms with Gasteiger partial charge in [-0.2, -0.15) is 0 Å². The summed E-state index contributed by atoms with van der Waals surface area (Å²) in [5.74, 6) is -0.190. The molecule has 0 atom stereocenters. The molecule has 0 aromatic heterocycles. The maximum atomic E-state index is 11.8. The van der Waals surface area contributed by atoms with E-state index in [-0.39, 0.29) is 11.9 Å². The molecule has 4 heteroatoms. The van der Waals surface area contributed by atoms with Crippen molar-refractivity contribution in [2.24, 2.45) is 16.1 Å². The van der Waals surface area contributed by atoms with E-state index in [1.165, 1.54) is 0 Å². The smallest absolute Gasteiger partial charge is 0.317 e. The van der Waals surface area contributed by atoms with Crippen LogP contribution in [0.1, 0.15) is 19.3 Å². The zero-order valence-electron chi connectivity index (χ0n) is 11.5. The highest BCUT2D eigenvalue weighted by molar-refractivity contribution is 6.30. The number of benzene rings is 1. The Bertz CT molecular complexity index is 827. The third-order valence-electron chi connectivity index (χ3n) is 4.11. The highest BCUT2D eigenvalue weighted by Gasteiger charge is 2.27. The number of rotatable bonds is 2. The van der Waals surface area contributed by atoms with Crippen LogP contribution in [0.2, 0.25) is 0 Å². The minimum absolute atomic E-state index is 0.0301. The van der Waals surface area contributed by atoms with Crippen LogP contribution in [0.25, 0.3) is 5.57 Å². The van der Waals surface area contributed by atoms with Gasteiger partial charge in [0.15, 0.2) is 0 Å². The molecule has 1 aromatic rings. The molecule has 1 aliphatic heterocycles. The summed E-state index contributed by atoms with van der Waals surface area (Å²) in [5, 5.41) is 6.03. The molecule has 2 aliphatic carbocycles. The van der Waals surface area contributed by atoms with E-state index in [2.05, 4.69) is 10.1 Å². The molecule has 0 amide bonds. The number of fused-ring (bicyclic) bond motifs is 2. The first-order valence-electron chi connectivity index (χ1n) is 7.19. The fraction of sp³-hybridized carbons (Fsp3) is 0.235. The SMILES string of the molecule is O=C(ON=C1C=CC=C2N=c3ccccc3=C21)C1CCC1. The largest absolute Gasteiger partial charge is 0.338 e. The van der Waals surface area contributed by atoms with Crippen molar-refractivity contribution in [3.63, 3.8) is 0 Å². The molecule has 1 aromatic carbocycles. The number of hydrogen-bond donors (Lipinski definition) is 0. The molecule has 0 unspecified atom stereocenters. The monoisotopic (exact) mass is 278 g/mol. The van der Waals surface area contributed by atoms with Crippen LogP contribution in [0.15, 0.2) is 58.3 Å². The number of carbonyl (C=O) groups is 1. The van der Waals surface area contributed by atoms with Gasteiger partial charge in [0.1, 0.15) is 5.71 Å². The van der Waals surface area contributed by atoms with Gasteiger partial charge in [-0.3, -0.25) is 0 Å². The van der Waals surface area contributed by atoms with Crippen LogP contribution >= 0.6 is 0 Å². The van der Waals surface area contributed by atoms with Gasteiger partial charge in [-0.15, -0.1) is 0 Å². The van der Waals surface area contributed by atoms with E-state index in [1.807, 2.05) is 42.5 Å². The van der Waals surface area contributed by atoms with Crippen LogP contribution in [-0.2, 0) is 9.63 Å². The van der Waals surface area contributed by atoms with Crippen LogP contribution in [-0.4, -0.2) is 11.7 Å². The van der Waals surface area contributed by atoms with Crippen LogP contribution < -0.4 is 10.6 Å². The summed E-state index contributed by atoms with van der Waals surface area (Å²) < 4.78 is 0. The summed E-state index contributed by atoms with van der Waals surface area (Å²) in [4.78, 5) is 21.5. The fourth-order valence-corrected chi connectivity index (χ4v) is 2.70. The highest BCUT2D eigenvalue weighted by atomic mass is 16.7. The van der Waals surface area contributed by atoms with Crippen LogP contribution in [0.4, 0.5) is 0 Å². The second-order valence-corrected chi connectivity index (χ2v) is 5.43. The minimum Gasteiger partial charge on any atom is -0.317 e. The lowest BCUT2D eigenvalue weighted by Crippen LogP contribution is -2.25. The van der Waals surface area contributed by atoms with E-state index in [0.717, 1.165) is 41.1 Å². The van der Waals surface area contributed by atoms with E-state index in [1.54, 1.807) is 0 Å². The Morgan fingerprint density at radius 2 is 2.14 bits per heavy atom. The van der Waals surface area contributed by atoms with Gasteiger partial charge in [0.2, 0.25) is 0 Å². The Morgan fingerprint density at radius 3 is 2.95 bits per heavy atom. The zero-order valence-corrected chi connectivity index (χ0v) is 11.5. The lowest BCUT2D eigenvalue weighted by molar-refractivity contribution is -0.151. The second-order valence-electron chi connectivity index (χ2n) is 5.43. The van der Waals surface area contributed by atoms with E-state index in [9.17, 15) is 4.79 Å². The average molecular weight is 278 g/mol. The number of oxime groups is 1. The first-order chi connectivity index (χ1) is 10.3. The van der Waals surface area contributed by atoms with Crippen molar-refractivity contribution >= 4 is 17.3 Å². The number of hydrogen-bond acceptors (Lipinski definition) is 4. The summed E-state index contributed by atoms with van der Waals surface area (Å²) in [6.45, 7) is 0. The Hall–Kier alpha value is -2.49. The van der Waals surface area contributed by atoms with Crippen LogP contribution in [0.3, 0.4) is 0 Å². The normalized spacial score (nSPS) is 21.2. The van der Waals surface area contributed by atoms with Gasteiger partial charge in [-0.1, -0.05) is 35.9 Å². The predicted molar refractivity (Wildman–Crippen MR) is 78.7 cm³/mol. The van der Waals surface area contributed by atoms with Gasteiger partial charge in [0.25, 0.3) is 0 Å². The topological polar surface area (TPSA) is 51.0 Å². The van der Waals surface area contributed by atoms with Gasteiger partial charge in [0.05, 0.1) is 17.0 Å². The molecule has 1 saturated carbocycles. The molecule has 4 nitrogen and oxygen atoms in total. The maximum absolute atomic E-state index is 11.8. The molecule has 0 N–H and O–H groups in total. The Morgan fingerprint density at radius 1 is 1.29 bits per heavy atom. The van der Waals surface area contributed by atoms with E-state index < -0.39 is 0 Å². The van der Waals surface area contributed by atoms with Crippen molar-refractivity contribution < 1.29 is 9.63 Å². The van der Waals surface area contributed by atoms with E-state index in [0.29, 0.717) is 5.71 Å². The molecular formula is C17H14N2O2. The van der Waals surface area contributed by atoms with Crippen molar-refractivity contribution in [1.82, 2.24) is 0 Å². The van der Waals surface area contributed by atoms with E-state index >= 15 is 0 Å². The number of para-hydroxylation sites is 1. The summed E-state index contributed by atoms with van der Waals surface area (Å²) in [6.07, 6.45) is 8.61. The van der Waals surface area contributed by atoms with Crippen LogP contribution in [0.5, 0.6) is 0 Å². The Labute approximate surface area is 121 Å². The Balaban J connectivity index is 1.71. The molecule has 1 fully saturated rings. The summed E-state index contributed by atoms with van der Waals surface area (Å²) in [6, 6.07) is 7.92. The van der Waals surface area contributed by atoms with Gasteiger partial charge >= 0.3 is 5.97 Å². The van der Waals surface area contributed by atoms with Crippen molar-refractivity contribution in [2.45, 2.75) is 19.3 Å². The molecular weight excluding hydrogens is 264 g/mol. The highest BCUT2D eigenvalue weighted by Crippen LogP contribution is 2.28. The van der Waals surface area contributed by atoms with Gasteiger partial charge < -0.3 is 4.84 Å². The predicted octanol–water partition coefficient (Wildman–Crippen LogP) is 1.62. The number of carbonyl (C=O) groups excluding carboxylic acids is 1. The quantitative estimate of drug-likeness (QED) is 0.610. The standard InChI is InChI=1S/C17H14N2O2/c20-17(11-5-3-6-11)21-19-15-10-4-9-14-16(15)12-7-1-2-8-13(12)18-14/h1-2,4,7-11H,3,5-6H2.